The van der Waals surface area contributed by atoms with Gasteiger partial charge in [-0.1, -0.05) is 134 Å². The Kier molecular flexibility index (Phi) is 19.3. The zero-order valence-corrected chi connectivity index (χ0v) is 37.6. The van der Waals surface area contributed by atoms with Gasteiger partial charge in [-0.15, -0.1) is 23.5 Å². The van der Waals surface area contributed by atoms with E-state index in [1.165, 1.54) is 33.3 Å². The number of thioether (sulfide) groups is 4. The Morgan fingerprint density at radius 2 is 0.855 bits per heavy atom. The van der Waals surface area contributed by atoms with Gasteiger partial charge in [0.25, 0.3) is 0 Å². The number of likely N-dealkylation sites (tertiary alicyclic amines) is 2. The van der Waals surface area contributed by atoms with Crippen LogP contribution in [0.1, 0.15) is 61.3 Å². The predicted molar refractivity (Wildman–Crippen MR) is 234 cm³/mol. The molecule has 6 atom stereocenters. The van der Waals surface area contributed by atoms with E-state index in [1.807, 2.05) is 144 Å². The van der Waals surface area contributed by atoms with Crippen LogP contribution in [0.25, 0.3) is 0 Å². The van der Waals surface area contributed by atoms with E-state index in [1.54, 1.807) is 0 Å². The Hall–Kier alpha value is -2.18. The number of carbonyl (C=O) groups is 4. The topological polar surface area (TPSA) is 74.8 Å². The van der Waals surface area contributed by atoms with Crippen molar-refractivity contribution in [1.29, 1.82) is 0 Å². The number of hydrogen-bond donors (Lipinski definition) is 0. The van der Waals surface area contributed by atoms with Crippen molar-refractivity contribution < 1.29 is 19.2 Å². The van der Waals surface area contributed by atoms with Gasteiger partial charge >= 0.3 is 37.7 Å². The quantitative estimate of drug-likeness (QED) is 0.131. The van der Waals surface area contributed by atoms with E-state index in [0.717, 1.165) is 25.9 Å². The molecule has 0 radical (unpaired) electrons. The molecule has 11 heteroatoms. The minimum absolute atomic E-state index is 0. The van der Waals surface area contributed by atoms with Crippen molar-refractivity contribution >= 4 is 107 Å². The van der Waals surface area contributed by atoms with Crippen LogP contribution in [-0.2, 0) is 9.59 Å². The van der Waals surface area contributed by atoms with Crippen molar-refractivity contribution in [2.45, 2.75) is 72.9 Å². The first-order chi connectivity index (χ1) is 26.1. The number of hydrogen-bond acceptors (Lipinski definition) is 8. The van der Waals surface area contributed by atoms with Gasteiger partial charge < -0.3 is 9.80 Å². The fourth-order valence-electron chi connectivity index (χ4n) is 6.56. The van der Waals surface area contributed by atoms with Crippen molar-refractivity contribution in [3.63, 3.8) is 0 Å². The summed E-state index contributed by atoms with van der Waals surface area (Å²) >= 11 is 6.18. The third-order valence-corrected chi connectivity index (χ3v) is 14.3. The summed E-state index contributed by atoms with van der Waals surface area (Å²) in [6, 6.07) is 39.7. The van der Waals surface area contributed by atoms with Crippen LogP contribution in [0.3, 0.4) is 0 Å². The van der Waals surface area contributed by atoms with E-state index in [0.29, 0.717) is 33.1 Å². The van der Waals surface area contributed by atoms with Gasteiger partial charge in [0, 0.05) is 79.9 Å². The number of amides is 2. The second kappa shape index (κ2) is 23.3. The number of carbonyl (C=O) groups excluding carboxylic acids is 4. The molecule has 2 fully saturated rings. The molecule has 2 aliphatic heterocycles. The summed E-state index contributed by atoms with van der Waals surface area (Å²) in [6.07, 6.45) is 2.02. The van der Waals surface area contributed by atoms with Crippen molar-refractivity contribution in [2.75, 3.05) is 24.6 Å². The minimum atomic E-state index is -0.161. The first-order valence-electron chi connectivity index (χ1n) is 18.6. The van der Waals surface area contributed by atoms with Crippen molar-refractivity contribution in [3.05, 3.63) is 132 Å². The van der Waals surface area contributed by atoms with Crippen LogP contribution >= 0.6 is 47.0 Å². The standard InChI is InChI=1S/2C22H25NO2S2.Ca/c2*1-16(15-26-22(25)18-9-5-3-6-10-18)21(24)23-14-20(13-17(23)2)27-19-11-7-4-8-12-19;/h2*3-12,16-17,20H,13-15H2,1-2H3;/q;;+2/t2*16-,17-,20+;/m11./s1. The molecule has 6 nitrogen and oxygen atoms in total. The van der Waals surface area contributed by atoms with E-state index in [4.69, 9.17) is 0 Å². The molecule has 4 aromatic carbocycles. The molecule has 0 N–H and O–H groups in total. The van der Waals surface area contributed by atoms with E-state index < -0.39 is 0 Å². The maximum absolute atomic E-state index is 12.9. The van der Waals surface area contributed by atoms with E-state index >= 15 is 0 Å². The average molecular weight is 839 g/mol. The first kappa shape index (κ1) is 45.5. The molecule has 2 heterocycles. The molecule has 2 aliphatic rings. The molecule has 0 bridgehead atoms. The predicted octanol–water partition coefficient (Wildman–Crippen LogP) is 9.57. The zero-order chi connectivity index (χ0) is 38.5. The van der Waals surface area contributed by atoms with Gasteiger partial charge in [-0.05, 0) is 51.0 Å². The molecule has 0 saturated carbocycles. The van der Waals surface area contributed by atoms with E-state index in [-0.39, 0.29) is 83.7 Å². The molecule has 284 valence electrons. The van der Waals surface area contributed by atoms with Gasteiger partial charge in [-0.3, -0.25) is 19.2 Å². The van der Waals surface area contributed by atoms with Crippen molar-refractivity contribution in [2.24, 2.45) is 11.8 Å². The smallest absolute Gasteiger partial charge is 0.339 e. The Bertz CT molecular complexity index is 1670. The molecule has 6 rings (SSSR count). The van der Waals surface area contributed by atoms with Crippen LogP contribution in [-0.4, -0.2) is 117 Å². The van der Waals surface area contributed by atoms with Crippen LogP contribution in [0.2, 0.25) is 0 Å². The maximum Gasteiger partial charge on any atom is 2.00 e. The summed E-state index contributed by atoms with van der Waals surface area (Å²) in [5, 5.41) is 0.916. The molecule has 2 amide bonds. The fraction of sp³-hybridized carbons (Fsp3) is 0.364. The fourth-order valence-corrected chi connectivity index (χ4v) is 10.9. The average Bonchev–Trinajstić information content (AvgIpc) is 3.76. The Morgan fingerprint density at radius 1 is 0.545 bits per heavy atom. The number of nitrogens with zero attached hydrogens (tertiary/aromatic N) is 2. The van der Waals surface area contributed by atoms with Gasteiger partial charge in [0.1, 0.15) is 0 Å². The van der Waals surface area contributed by atoms with Gasteiger partial charge in [-0.25, -0.2) is 0 Å². The van der Waals surface area contributed by atoms with Crippen LogP contribution in [0.4, 0.5) is 0 Å². The van der Waals surface area contributed by atoms with Crippen LogP contribution in [0.5, 0.6) is 0 Å². The second-order valence-corrected chi connectivity index (χ2v) is 18.7. The van der Waals surface area contributed by atoms with Crippen LogP contribution in [0.15, 0.2) is 131 Å². The van der Waals surface area contributed by atoms with Gasteiger partial charge in [0.05, 0.1) is 0 Å². The van der Waals surface area contributed by atoms with Crippen LogP contribution < -0.4 is 0 Å². The first-order valence-corrected chi connectivity index (χ1v) is 22.3. The summed E-state index contributed by atoms with van der Waals surface area (Å²) in [7, 11) is 0. The molecule has 0 aliphatic carbocycles. The Labute approximate surface area is 374 Å². The summed E-state index contributed by atoms with van der Waals surface area (Å²) in [4.78, 5) is 56.8. The zero-order valence-electron chi connectivity index (χ0n) is 32.1. The molecule has 0 unspecified atom stereocenters. The van der Waals surface area contributed by atoms with Crippen LogP contribution in [0, 0.1) is 11.8 Å². The van der Waals surface area contributed by atoms with Crippen molar-refractivity contribution in [1.82, 2.24) is 9.80 Å². The normalized spacial score (nSPS) is 20.1. The third kappa shape index (κ3) is 14.0. The summed E-state index contributed by atoms with van der Waals surface area (Å²) in [5.41, 5.74) is 1.38. The second-order valence-electron chi connectivity index (χ2n) is 14.0. The molecule has 2 saturated heterocycles. The molecule has 4 aromatic rings. The Morgan fingerprint density at radius 3 is 1.18 bits per heavy atom. The van der Waals surface area contributed by atoms with E-state index in [9.17, 15) is 19.2 Å². The number of rotatable bonds is 12. The summed E-state index contributed by atoms with van der Waals surface area (Å²) in [5.74, 6) is 1.04. The van der Waals surface area contributed by atoms with Crippen molar-refractivity contribution in [3.8, 4) is 0 Å². The SMILES string of the molecule is C[C@H](CSC(=O)c1ccccc1)C(=O)N1C[C@@H](Sc2ccccc2)C[C@H]1C.C[C@H](CSC(=O)c1ccccc1)C(=O)N1C[C@@H](Sc2ccccc2)C[C@H]1C.[Ca+2]. The van der Waals surface area contributed by atoms with Gasteiger partial charge in [0.2, 0.25) is 22.0 Å². The summed E-state index contributed by atoms with van der Waals surface area (Å²) < 4.78 is 0. The van der Waals surface area contributed by atoms with E-state index in [2.05, 4.69) is 38.1 Å². The van der Waals surface area contributed by atoms with Gasteiger partial charge in [0.15, 0.2) is 0 Å². The maximum atomic E-state index is 12.9. The molecular formula is C44H50CaN2O4S4+2. The van der Waals surface area contributed by atoms with Gasteiger partial charge in [-0.2, -0.15) is 0 Å². The largest absolute Gasteiger partial charge is 2.00 e. The summed E-state index contributed by atoms with van der Waals surface area (Å²) in [6.45, 7) is 9.66. The number of benzene rings is 4. The molecule has 55 heavy (non-hydrogen) atoms. The Balaban J connectivity index is 0.000000240. The minimum Gasteiger partial charge on any atom is -0.339 e. The molecular weight excluding hydrogens is 789 g/mol. The third-order valence-electron chi connectivity index (χ3n) is 9.52. The molecule has 0 aromatic heterocycles. The molecule has 0 spiro atoms. The monoisotopic (exact) mass is 838 g/mol.